The van der Waals surface area contributed by atoms with Gasteiger partial charge < -0.3 is 0 Å². The summed E-state index contributed by atoms with van der Waals surface area (Å²) in [5.41, 5.74) is 4.05. The van der Waals surface area contributed by atoms with Gasteiger partial charge in [0.15, 0.2) is 0 Å². The highest BCUT2D eigenvalue weighted by Crippen LogP contribution is 2.58. The zero-order chi connectivity index (χ0) is 15.2. The van der Waals surface area contributed by atoms with E-state index in [0.29, 0.717) is 11.3 Å². The minimum Gasteiger partial charge on any atom is -0.0694 e. The average molecular weight is 296 g/mol. The fraction of sp³-hybridized carbons (Fsp3) is 0.300. The van der Waals surface area contributed by atoms with Gasteiger partial charge in [-0.05, 0) is 33.8 Å². The normalized spacial score (nSPS) is 12.4. The van der Waals surface area contributed by atoms with E-state index in [9.17, 15) is 0 Å². The molecule has 0 aliphatic heterocycles. The fourth-order valence-electron chi connectivity index (χ4n) is 2.78. The molecule has 0 saturated heterocycles. The lowest BCUT2D eigenvalue weighted by molar-refractivity contribution is 1.02. The van der Waals surface area contributed by atoms with Crippen LogP contribution in [0.1, 0.15) is 38.8 Å². The Balaban J connectivity index is 2.52. The van der Waals surface area contributed by atoms with Crippen molar-refractivity contribution in [2.24, 2.45) is 0 Å². The van der Waals surface area contributed by atoms with Crippen LogP contribution < -0.4 is 0 Å². The summed E-state index contributed by atoms with van der Waals surface area (Å²) in [4.78, 5) is 0. The zero-order valence-electron chi connectivity index (χ0n) is 13.5. The van der Waals surface area contributed by atoms with Crippen LogP contribution in [0.3, 0.4) is 0 Å². The fourth-order valence-corrected chi connectivity index (χ4v) is 5.83. The van der Waals surface area contributed by atoms with E-state index in [-0.39, 0.29) is 7.92 Å². The smallest absolute Gasteiger partial charge is 0.0157 e. The predicted octanol–water partition coefficient (Wildman–Crippen LogP) is 6.48. The van der Waals surface area contributed by atoms with Gasteiger partial charge in [-0.15, -0.1) is 0 Å². The highest BCUT2D eigenvalue weighted by Gasteiger charge is 2.22. The quantitative estimate of drug-likeness (QED) is 0.437. The van der Waals surface area contributed by atoms with Crippen molar-refractivity contribution in [1.29, 1.82) is 0 Å². The topological polar surface area (TPSA) is 0 Å². The summed E-state index contributed by atoms with van der Waals surface area (Å²) in [7, 11) is -0.181. The van der Waals surface area contributed by atoms with E-state index in [4.69, 9.17) is 0 Å². The second kappa shape index (κ2) is 7.57. The van der Waals surface area contributed by atoms with Crippen molar-refractivity contribution in [1.82, 2.24) is 0 Å². The van der Waals surface area contributed by atoms with Gasteiger partial charge in [-0.25, -0.2) is 0 Å². The standard InChI is InChI=1S/C20H25P/c1-16(2)21(17(3)4)20(19-13-9-6-10-14-19)15-18-11-7-5-8-12-18/h5-17H,1-4H3. The number of hydrogen-bond donors (Lipinski definition) is 0. The van der Waals surface area contributed by atoms with Crippen molar-refractivity contribution < 1.29 is 0 Å². The Kier molecular flexibility index (Phi) is 5.76. The van der Waals surface area contributed by atoms with Crippen LogP contribution in [0.25, 0.3) is 11.4 Å². The van der Waals surface area contributed by atoms with Gasteiger partial charge in [0.05, 0.1) is 0 Å². The first-order valence-corrected chi connectivity index (χ1v) is 9.18. The molecule has 0 atom stereocenters. The van der Waals surface area contributed by atoms with E-state index >= 15 is 0 Å². The summed E-state index contributed by atoms with van der Waals surface area (Å²) in [6.07, 6.45) is 2.39. The Morgan fingerprint density at radius 2 is 1.24 bits per heavy atom. The molecule has 2 aromatic rings. The van der Waals surface area contributed by atoms with Gasteiger partial charge in [0.2, 0.25) is 0 Å². The summed E-state index contributed by atoms with van der Waals surface area (Å²) in [6.45, 7) is 9.42. The number of rotatable bonds is 5. The van der Waals surface area contributed by atoms with Crippen LogP contribution in [-0.2, 0) is 0 Å². The summed E-state index contributed by atoms with van der Waals surface area (Å²) >= 11 is 0. The molecule has 0 N–H and O–H groups in total. The van der Waals surface area contributed by atoms with E-state index < -0.39 is 0 Å². The third-order valence-electron chi connectivity index (χ3n) is 3.56. The van der Waals surface area contributed by atoms with Crippen LogP contribution in [0, 0.1) is 0 Å². The monoisotopic (exact) mass is 296 g/mol. The highest BCUT2D eigenvalue weighted by atomic mass is 31.1. The number of benzene rings is 2. The molecule has 21 heavy (non-hydrogen) atoms. The van der Waals surface area contributed by atoms with Crippen molar-refractivity contribution in [2.75, 3.05) is 0 Å². The molecule has 0 radical (unpaired) electrons. The van der Waals surface area contributed by atoms with Gasteiger partial charge in [0.25, 0.3) is 0 Å². The molecule has 0 aliphatic carbocycles. The van der Waals surface area contributed by atoms with Crippen molar-refractivity contribution >= 4 is 19.3 Å². The van der Waals surface area contributed by atoms with Crippen LogP contribution in [0.15, 0.2) is 60.7 Å². The van der Waals surface area contributed by atoms with Gasteiger partial charge in [-0.3, -0.25) is 0 Å². The summed E-state index contributed by atoms with van der Waals surface area (Å²) in [6, 6.07) is 21.6. The molecule has 2 aromatic carbocycles. The summed E-state index contributed by atoms with van der Waals surface area (Å²) in [5.74, 6) is 0. The average Bonchev–Trinajstić information content (AvgIpc) is 2.48. The van der Waals surface area contributed by atoms with Crippen molar-refractivity contribution in [3.05, 3.63) is 71.8 Å². The molecule has 0 nitrogen and oxygen atoms in total. The van der Waals surface area contributed by atoms with Gasteiger partial charge in [0, 0.05) is 0 Å². The lowest BCUT2D eigenvalue weighted by atomic mass is 10.1. The minimum absolute atomic E-state index is 0.181. The van der Waals surface area contributed by atoms with E-state index in [1.165, 1.54) is 16.4 Å². The van der Waals surface area contributed by atoms with Crippen LogP contribution in [0.4, 0.5) is 0 Å². The van der Waals surface area contributed by atoms with Crippen LogP contribution in [0.2, 0.25) is 0 Å². The Morgan fingerprint density at radius 3 is 1.71 bits per heavy atom. The molecule has 110 valence electrons. The van der Waals surface area contributed by atoms with Crippen LogP contribution >= 0.6 is 7.92 Å². The van der Waals surface area contributed by atoms with Crippen LogP contribution in [0.5, 0.6) is 0 Å². The van der Waals surface area contributed by atoms with Crippen molar-refractivity contribution in [3.63, 3.8) is 0 Å². The second-order valence-corrected chi connectivity index (χ2v) is 9.26. The van der Waals surface area contributed by atoms with Gasteiger partial charge in [0.1, 0.15) is 0 Å². The van der Waals surface area contributed by atoms with Gasteiger partial charge >= 0.3 is 0 Å². The van der Waals surface area contributed by atoms with E-state index in [1.54, 1.807) is 0 Å². The first-order chi connectivity index (χ1) is 10.1. The Labute approximate surface area is 130 Å². The van der Waals surface area contributed by atoms with Crippen molar-refractivity contribution in [2.45, 2.75) is 39.0 Å². The molecule has 1 heteroatoms. The molecule has 0 saturated carbocycles. The molecule has 0 spiro atoms. The third kappa shape index (κ3) is 4.29. The maximum Gasteiger partial charge on any atom is -0.0157 e. The third-order valence-corrected chi connectivity index (χ3v) is 6.73. The maximum absolute atomic E-state index is 2.39. The summed E-state index contributed by atoms with van der Waals surface area (Å²) < 4.78 is 0. The van der Waals surface area contributed by atoms with E-state index in [0.717, 1.165) is 0 Å². The lowest BCUT2D eigenvalue weighted by Crippen LogP contribution is -2.05. The van der Waals surface area contributed by atoms with Gasteiger partial charge in [-0.1, -0.05) is 96.3 Å². The molecular weight excluding hydrogens is 271 g/mol. The zero-order valence-corrected chi connectivity index (χ0v) is 14.3. The molecule has 0 aromatic heterocycles. The second-order valence-electron chi connectivity index (χ2n) is 5.90. The van der Waals surface area contributed by atoms with E-state index in [1.807, 2.05) is 0 Å². The SMILES string of the molecule is CC(C)P(C(=Cc1ccccc1)c1ccccc1)C(C)C. The highest BCUT2D eigenvalue weighted by molar-refractivity contribution is 7.70. The molecule has 0 fully saturated rings. The Hall–Kier alpha value is -1.39. The number of hydrogen-bond acceptors (Lipinski definition) is 0. The van der Waals surface area contributed by atoms with Crippen LogP contribution in [-0.4, -0.2) is 11.3 Å². The minimum atomic E-state index is -0.181. The molecule has 0 aliphatic rings. The molecule has 2 rings (SSSR count). The summed E-state index contributed by atoms with van der Waals surface area (Å²) in [5, 5.41) is 1.52. The molecule has 0 bridgehead atoms. The molecule has 0 unspecified atom stereocenters. The molecule has 0 amide bonds. The lowest BCUT2D eigenvalue weighted by Gasteiger charge is -2.29. The largest absolute Gasteiger partial charge is 0.0694 e. The predicted molar refractivity (Wildman–Crippen MR) is 97.9 cm³/mol. The first-order valence-electron chi connectivity index (χ1n) is 7.70. The molecule has 0 heterocycles. The Bertz CT molecular complexity index is 559. The first kappa shape index (κ1) is 16.0. The van der Waals surface area contributed by atoms with Crippen molar-refractivity contribution in [3.8, 4) is 0 Å². The Morgan fingerprint density at radius 1 is 0.762 bits per heavy atom. The maximum atomic E-state index is 2.39. The molecular formula is C20H25P. The van der Waals surface area contributed by atoms with E-state index in [2.05, 4.69) is 94.4 Å². The van der Waals surface area contributed by atoms with Gasteiger partial charge in [-0.2, -0.15) is 0 Å².